The molecular formula is C71H71BN2O. The molecule has 0 N–H and O–H groups in total. The maximum atomic E-state index is 7.72. The Bertz CT molecular complexity index is 3740. The average Bonchev–Trinajstić information content (AvgIpc) is 3.83. The van der Waals surface area contributed by atoms with E-state index in [-0.39, 0.29) is 33.9 Å². The molecule has 2 aliphatic carbocycles. The molecule has 0 radical (unpaired) electrons. The van der Waals surface area contributed by atoms with Gasteiger partial charge in [-0.15, -0.1) is 0 Å². The largest absolute Gasteiger partial charge is 0.441 e. The SMILES string of the molecule is CC(C)(C)c1ccc(CN2c3cc(-c4ccccc4)cc4c3B(c3c2oc2cc5c(cc32)C(C)(C)CCC5(C)C)N(c2ccc3c(c2)C(C)(C)CCC3(C)C)c2ccc(-c3ccccc3)cc2-4)c(-c2ccccc2)c1. The lowest BCUT2D eigenvalue weighted by atomic mass is 9.43. The first-order valence-corrected chi connectivity index (χ1v) is 27.7. The molecule has 0 fully saturated rings. The standard InChI is InChI=1S/C71H71BN2O/c1-67(2,3)51-29-27-49(53(40-51)47-25-19-14-20-26-47)44-73-62-39-50(46-23-17-13-18-24-46)38-55-54-37-48(45-21-15-12-16-22-45)28-32-61(54)74(52-30-31-57-58(41-52)69(6,7)34-33-68(57,4)5)72(64(55)62)65-56-42-59-60(43-63(56)75-66(65)73)71(10,11)36-35-70(59,8)9/h12-32,37-43H,33-36,44H2,1-11H3. The van der Waals surface area contributed by atoms with Gasteiger partial charge in [-0.3, -0.25) is 0 Å². The first kappa shape index (κ1) is 47.7. The summed E-state index contributed by atoms with van der Waals surface area (Å²) in [6.45, 7) is 27.0. The van der Waals surface area contributed by atoms with Gasteiger partial charge in [-0.2, -0.15) is 0 Å². The van der Waals surface area contributed by atoms with E-state index in [1.54, 1.807) is 0 Å². The molecule has 1 aromatic heterocycles. The number of nitrogens with zero attached hydrogens (tertiary/aromatic N) is 2. The molecule has 0 spiro atoms. The number of hydrogen-bond acceptors (Lipinski definition) is 3. The van der Waals surface area contributed by atoms with Gasteiger partial charge in [0.2, 0.25) is 0 Å². The Morgan fingerprint density at radius 1 is 0.453 bits per heavy atom. The van der Waals surface area contributed by atoms with Gasteiger partial charge in [0.25, 0.3) is 0 Å². The van der Waals surface area contributed by atoms with Crippen LogP contribution < -0.4 is 20.6 Å². The average molecular weight is 979 g/mol. The van der Waals surface area contributed by atoms with Crippen LogP contribution in [0.25, 0.3) is 55.5 Å². The van der Waals surface area contributed by atoms with Gasteiger partial charge in [-0.25, -0.2) is 0 Å². The van der Waals surface area contributed by atoms with Crippen LogP contribution in [-0.4, -0.2) is 6.85 Å². The molecule has 0 amide bonds. The molecule has 0 saturated heterocycles. The molecule has 0 bridgehead atoms. The second-order valence-corrected chi connectivity index (χ2v) is 26.2. The molecule has 0 unspecified atom stereocenters. The van der Waals surface area contributed by atoms with Crippen molar-refractivity contribution in [1.29, 1.82) is 0 Å². The highest BCUT2D eigenvalue weighted by Gasteiger charge is 2.50. The fourth-order valence-corrected chi connectivity index (χ4v) is 13.6. The van der Waals surface area contributed by atoms with Gasteiger partial charge >= 0.3 is 6.85 Å². The van der Waals surface area contributed by atoms with Crippen LogP contribution in [0.5, 0.6) is 0 Å². The van der Waals surface area contributed by atoms with E-state index in [9.17, 15) is 0 Å². The van der Waals surface area contributed by atoms with Gasteiger partial charge in [0.1, 0.15) is 5.58 Å². The number of anilines is 4. The predicted octanol–water partition coefficient (Wildman–Crippen LogP) is 18.0. The van der Waals surface area contributed by atoms with E-state index in [1.165, 1.54) is 118 Å². The third-order valence-electron chi connectivity index (χ3n) is 18.4. The van der Waals surface area contributed by atoms with E-state index >= 15 is 0 Å². The Labute approximate surface area is 446 Å². The quantitative estimate of drug-likeness (QED) is 0.155. The predicted molar refractivity (Wildman–Crippen MR) is 320 cm³/mol. The van der Waals surface area contributed by atoms with E-state index < -0.39 is 0 Å². The molecule has 3 heterocycles. The molecular weight excluding hydrogens is 908 g/mol. The maximum Gasteiger partial charge on any atom is 0.337 e. The highest BCUT2D eigenvalue weighted by molar-refractivity contribution is 6.95. The first-order chi connectivity index (χ1) is 35.8. The van der Waals surface area contributed by atoms with Gasteiger partial charge < -0.3 is 14.1 Å². The van der Waals surface area contributed by atoms with Crippen LogP contribution in [0.2, 0.25) is 0 Å². The van der Waals surface area contributed by atoms with Crippen molar-refractivity contribution in [1.82, 2.24) is 0 Å². The van der Waals surface area contributed by atoms with Crippen molar-refractivity contribution in [2.75, 3.05) is 9.71 Å². The summed E-state index contributed by atoms with van der Waals surface area (Å²) in [7, 11) is 0. The lowest BCUT2D eigenvalue weighted by molar-refractivity contribution is 0.332. The topological polar surface area (TPSA) is 19.6 Å². The van der Waals surface area contributed by atoms with Crippen molar-refractivity contribution in [2.24, 2.45) is 0 Å². The summed E-state index contributed by atoms with van der Waals surface area (Å²) in [6, 6.07) is 65.0. The van der Waals surface area contributed by atoms with Crippen molar-refractivity contribution in [3.8, 4) is 44.5 Å². The van der Waals surface area contributed by atoms with Gasteiger partial charge in [-0.1, -0.05) is 197 Å². The van der Waals surface area contributed by atoms with Crippen LogP contribution in [0.15, 0.2) is 174 Å². The van der Waals surface area contributed by atoms with Gasteiger partial charge in [0, 0.05) is 33.5 Å². The lowest BCUT2D eigenvalue weighted by Gasteiger charge is -2.46. The fraction of sp³-hybridized carbons (Fsp3) is 0.296. The number of hydrogen-bond donors (Lipinski definition) is 0. The third kappa shape index (κ3) is 7.67. The Morgan fingerprint density at radius 2 is 1.01 bits per heavy atom. The highest BCUT2D eigenvalue weighted by atomic mass is 16.4. The molecule has 3 nitrogen and oxygen atoms in total. The Hall–Kier alpha value is -7.04. The number of furan rings is 1. The summed E-state index contributed by atoms with van der Waals surface area (Å²) in [5.74, 6) is 0.935. The maximum absolute atomic E-state index is 7.72. The molecule has 374 valence electrons. The highest BCUT2D eigenvalue weighted by Crippen LogP contribution is 2.54. The molecule has 4 aliphatic rings. The molecule has 9 aromatic rings. The van der Waals surface area contributed by atoms with E-state index in [4.69, 9.17) is 4.42 Å². The van der Waals surface area contributed by atoms with Crippen molar-refractivity contribution in [2.45, 2.75) is 135 Å². The minimum Gasteiger partial charge on any atom is -0.441 e. The van der Waals surface area contributed by atoms with Crippen molar-refractivity contribution in [3.05, 3.63) is 203 Å². The van der Waals surface area contributed by atoms with Crippen LogP contribution in [-0.2, 0) is 33.6 Å². The molecule has 0 saturated carbocycles. The zero-order chi connectivity index (χ0) is 52.0. The Kier molecular flexibility index (Phi) is 10.6. The van der Waals surface area contributed by atoms with E-state index in [0.717, 1.165) is 30.7 Å². The monoisotopic (exact) mass is 979 g/mol. The summed E-state index contributed by atoms with van der Waals surface area (Å²) in [6.07, 6.45) is 4.60. The number of rotatable bonds is 6. The van der Waals surface area contributed by atoms with E-state index in [1.807, 2.05) is 0 Å². The van der Waals surface area contributed by atoms with Crippen LogP contribution in [0.4, 0.5) is 22.9 Å². The molecule has 8 aromatic carbocycles. The molecule has 2 aliphatic heterocycles. The van der Waals surface area contributed by atoms with Crippen molar-refractivity contribution in [3.63, 3.8) is 0 Å². The van der Waals surface area contributed by atoms with Crippen LogP contribution >= 0.6 is 0 Å². The number of fused-ring (bicyclic) bond motifs is 8. The van der Waals surface area contributed by atoms with Crippen LogP contribution in [0, 0.1) is 0 Å². The number of benzene rings is 8. The molecule has 0 atom stereocenters. The van der Waals surface area contributed by atoms with E-state index in [0.29, 0.717) is 6.54 Å². The molecule has 4 heteroatoms. The minimum absolute atomic E-state index is 0.00809. The van der Waals surface area contributed by atoms with Crippen LogP contribution in [0.3, 0.4) is 0 Å². The zero-order valence-corrected chi connectivity index (χ0v) is 46.1. The summed E-state index contributed by atoms with van der Waals surface area (Å²) < 4.78 is 7.72. The summed E-state index contributed by atoms with van der Waals surface area (Å²) >= 11 is 0. The first-order valence-electron chi connectivity index (χ1n) is 27.7. The lowest BCUT2D eigenvalue weighted by Crippen LogP contribution is -2.61. The normalized spacial score (nSPS) is 17.5. The van der Waals surface area contributed by atoms with Crippen LogP contribution in [0.1, 0.15) is 135 Å². The van der Waals surface area contributed by atoms with Gasteiger partial charge in [0.15, 0.2) is 5.88 Å². The second-order valence-electron chi connectivity index (χ2n) is 26.2. The summed E-state index contributed by atoms with van der Waals surface area (Å²) in [5, 5.41) is 1.22. The Balaban J connectivity index is 1.16. The van der Waals surface area contributed by atoms with Gasteiger partial charge in [-0.05, 0) is 179 Å². The third-order valence-corrected chi connectivity index (χ3v) is 18.4. The fourth-order valence-electron chi connectivity index (χ4n) is 13.6. The minimum atomic E-state index is -0.199. The van der Waals surface area contributed by atoms with Crippen molar-refractivity contribution >= 4 is 51.7 Å². The zero-order valence-electron chi connectivity index (χ0n) is 46.1. The van der Waals surface area contributed by atoms with E-state index in [2.05, 4.69) is 256 Å². The Morgan fingerprint density at radius 3 is 1.64 bits per heavy atom. The second kappa shape index (κ2) is 16.7. The molecule has 13 rings (SSSR count). The van der Waals surface area contributed by atoms with Gasteiger partial charge in [0.05, 0.1) is 6.54 Å². The summed E-state index contributed by atoms with van der Waals surface area (Å²) in [4.78, 5) is 5.30. The smallest absolute Gasteiger partial charge is 0.337 e. The summed E-state index contributed by atoms with van der Waals surface area (Å²) in [5.41, 5.74) is 25.5. The molecule has 75 heavy (non-hydrogen) atoms. The van der Waals surface area contributed by atoms with Crippen molar-refractivity contribution < 1.29 is 4.42 Å².